The van der Waals surface area contributed by atoms with Gasteiger partial charge in [0, 0.05) is 18.8 Å². The average molecular weight is 284 g/mol. The van der Waals surface area contributed by atoms with Crippen LogP contribution in [0.25, 0.3) is 11.5 Å². The Morgan fingerprint density at radius 1 is 1.29 bits per heavy atom. The number of hydrogen-bond acceptors (Lipinski definition) is 6. The zero-order valence-corrected chi connectivity index (χ0v) is 11.3. The van der Waals surface area contributed by atoms with Gasteiger partial charge in [-0.05, 0) is 12.1 Å². The number of carbonyl (C=O) groups excluding carboxylic acids is 1. The quantitative estimate of drug-likeness (QED) is 0.663. The van der Waals surface area contributed by atoms with Crippen molar-refractivity contribution in [1.29, 1.82) is 0 Å². The Morgan fingerprint density at radius 3 is 2.81 bits per heavy atom. The summed E-state index contributed by atoms with van der Waals surface area (Å²) in [4.78, 5) is 11.8. The normalized spacial score (nSPS) is 10.5. The zero-order chi connectivity index (χ0) is 14.7. The maximum atomic E-state index is 11.8. The monoisotopic (exact) mass is 284 g/mol. The van der Waals surface area contributed by atoms with Gasteiger partial charge in [-0.2, -0.15) is 5.10 Å². The molecule has 0 saturated heterocycles. The predicted molar refractivity (Wildman–Crippen MR) is 72.8 cm³/mol. The van der Waals surface area contributed by atoms with E-state index < -0.39 is 0 Å². The van der Waals surface area contributed by atoms with Crippen molar-refractivity contribution in [3.05, 3.63) is 48.3 Å². The minimum absolute atomic E-state index is 0.0360. The molecule has 0 fully saturated rings. The molecule has 0 atom stereocenters. The number of aromatic nitrogens is 4. The first-order valence-electron chi connectivity index (χ1n) is 6.26. The molecule has 0 saturated carbocycles. The van der Waals surface area contributed by atoms with Crippen molar-refractivity contribution >= 4 is 5.78 Å². The number of benzene rings is 1. The number of hydrogen-bond donors (Lipinski definition) is 0. The first kappa shape index (κ1) is 13.0. The maximum absolute atomic E-state index is 11.8. The fourth-order valence-electron chi connectivity index (χ4n) is 1.74. The van der Waals surface area contributed by atoms with Gasteiger partial charge in [-0.25, -0.2) is 0 Å². The van der Waals surface area contributed by atoms with E-state index in [9.17, 15) is 4.79 Å². The molecule has 0 bridgehead atoms. The molecule has 0 aliphatic carbocycles. The number of carbonyl (C=O) groups is 1. The summed E-state index contributed by atoms with van der Waals surface area (Å²) >= 11 is 0. The van der Waals surface area contributed by atoms with Crippen LogP contribution < -0.4 is 4.74 Å². The summed E-state index contributed by atoms with van der Waals surface area (Å²) in [5, 5.41) is 11.5. The van der Waals surface area contributed by atoms with Crippen molar-refractivity contribution in [3.63, 3.8) is 0 Å². The second-order valence-corrected chi connectivity index (χ2v) is 4.35. The van der Waals surface area contributed by atoms with E-state index in [1.165, 1.54) is 6.20 Å². The molecule has 0 spiro atoms. The van der Waals surface area contributed by atoms with E-state index in [1.54, 1.807) is 17.9 Å². The van der Waals surface area contributed by atoms with E-state index in [4.69, 9.17) is 9.15 Å². The van der Waals surface area contributed by atoms with Gasteiger partial charge in [0.25, 0.3) is 5.89 Å². The van der Waals surface area contributed by atoms with Crippen LogP contribution in [0.1, 0.15) is 10.4 Å². The van der Waals surface area contributed by atoms with Crippen LogP contribution in [0.4, 0.5) is 0 Å². The Balaban J connectivity index is 1.64. The standard InChI is InChI=1S/C14H12N4O3/c1-18-8-11(7-15-18)12(19)9-20-14-17-16-13(21-14)10-5-3-2-4-6-10/h2-8H,9H2,1H3. The van der Waals surface area contributed by atoms with Gasteiger partial charge in [0.15, 0.2) is 6.61 Å². The predicted octanol–water partition coefficient (Wildman–Crippen LogP) is 1.73. The van der Waals surface area contributed by atoms with Crippen LogP contribution in [0.15, 0.2) is 47.1 Å². The Labute approximate surface area is 120 Å². The summed E-state index contributed by atoms with van der Waals surface area (Å²) in [5.41, 5.74) is 1.26. The molecule has 1 aromatic carbocycles. The van der Waals surface area contributed by atoms with Gasteiger partial charge in [-0.15, -0.1) is 5.10 Å². The molecule has 7 nitrogen and oxygen atoms in total. The number of Topliss-reactive ketones (excluding diaryl/α,β-unsaturated/α-hetero) is 1. The second kappa shape index (κ2) is 5.58. The Bertz CT molecular complexity index is 748. The molecular formula is C14H12N4O3. The average Bonchev–Trinajstić information content (AvgIpc) is 3.15. The van der Waals surface area contributed by atoms with E-state index in [1.807, 2.05) is 30.3 Å². The molecule has 0 unspecified atom stereocenters. The molecule has 0 N–H and O–H groups in total. The molecule has 0 aliphatic heterocycles. The van der Waals surface area contributed by atoms with Crippen molar-refractivity contribution in [2.24, 2.45) is 7.05 Å². The van der Waals surface area contributed by atoms with Gasteiger partial charge in [-0.3, -0.25) is 9.48 Å². The maximum Gasteiger partial charge on any atom is 0.415 e. The van der Waals surface area contributed by atoms with Gasteiger partial charge in [0.1, 0.15) is 0 Å². The van der Waals surface area contributed by atoms with Gasteiger partial charge >= 0.3 is 6.08 Å². The molecule has 3 aromatic rings. The zero-order valence-electron chi connectivity index (χ0n) is 11.3. The highest BCUT2D eigenvalue weighted by Crippen LogP contribution is 2.20. The molecule has 106 valence electrons. The van der Waals surface area contributed by atoms with E-state index in [0.29, 0.717) is 11.5 Å². The van der Waals surface area contributed by atoms with Crippen LogP contribution in [0.3, 0.4) is 0 Å². The number of ether oxygens (including phenoxy) is 1. The summed E-state index contributed by atoms with van der Waals surface area (Å²) in [5.74, 6) is 0.141. The molecule has 0 aliphatic rings. The first-order valence-corrected chi connectivity index (χ1v) is 6.26. The molecule has 0 amide bonds. The molecular weight excluding hydrogens is 272 g/mol. The van der Waals surface area contributed by atoms with Gasteiger partial charge < -0.3 is 9.15 Å². The van der Waals surface area contributed by atoms with Crippen molar-refractivity contribution < 1.29 is 13.9 Å². The van der Waals surface area contributed by atoms with E-state index in [2.05, 4.69) is 15.3 Å². The second-order valence-electron chi connectivity index (χ2n) is 4.35. The van der Waals surface area contributed by atoms with Gasteiger partial charge in [-0.1, -0.05) is 23.3 Å². The highest BCUT2D eigenvalue weighted by atomic mass is 16.6. The number of aryl methyl sites for hydroxylation is 1. The fourth-order valence-corrected chi connectivity index (χ4v) is 1.74. The number of nitrogens with zero attached hydrogens (tertiary/aromatic N) is 4. The molecule has 21 heavy (non-hydrogen) atoms. The lowest BCUT2D eigenvalue weighted by molar-refractivity contribution is 0.0894. The summed E-state index contributed by atoms with van der Waals surface area (Å²) in [6.07, 6.45) is 3.06. The van der Waals surface area contributed by atoms with Crippen LogP contribution in [0.5, 0.6) is 6.08 Å². The third-order valence-electron chi connectivity index (χ3n) is 2.78. The highest BCUT2D eigenvalue weighted by Gasteiger charge is 2.13. The van der Waals surface area contributed by atoms with Crippen molar-refractivity contribution in [2.45, 2.75) is 0 Å². The summed E-state index contributed by atoms with van der Waals surface area (Å²) in [7, 11) is 1.74. The summed E-state index contributed by atoms with van der Waals surface area (Å²) < 4.78 is 12.1. The van der Waals surface area contributed by atoms with E-state index >= 15 is 0 Å². The lowest BCUT2D eigenvalue weighted by atomic mass is 10.2. The van der Waals surface area contributed by atoms with E-state index in [-0.39, 0.29) is 18.5 Å². The first-order chi connectivity index (χ1) is 10.2. The lowest BCUT2D eigenvalue weighted by Gasteiger charge is -1.98. The molecule has 7 heteroatoms. The largest absolute Gasteiger partial charge is 0.441 e. The smallest absolute Gasteiger partial charge is 0.415 e. The molecule has 2 aromatic heterocycles. The third kappa shape index (κ3) is 2.97. The fraction of sp³-hybridized carbons (Fsp3) is 0.143. The Kier molecular flexibility index (Phi) is 3.46. The Morgan fingerprint density at radius 2 is 2.10 bits per heavy atom. The minimum atomic E-state index is -0.206. The summed E-state index contributed by atoms with van der Waals surface area (Å²) in [6.45, 7) is -0.178. The lowest BCUT2D eigenvalue weighted by Crippen LogP contribution is -2.11. The number of rotatable bonds is 5. The van der Waals surface area contributed by atoms with Crippen molar-refractivity contribution in [3.8, 4) is 17.5 Å². The SMILES string of the molecule is Cn1cc(C(=O)COc2nnc(-c3ccccc3)o2)cn1. The van der Waals surface area contributed by atoms with E-state index in [0.717, 1.165) is 5.56 Å². The minimum Gasteiger partial charge on any atom is -0.441 e. The summed E-state index contributed by atoms with van der Waals surface area (Å²) in [6, 6.07) is 9.32. The number of ketones is 1. The molecule has 0 radical (unpaired) electrons. The third-order valence-corrected chi connectivity index (χ3v) is 2.78. The van der Waals surface area contributed by atoms with Crippen LogP contribution >= 0.6 is 0 Å². The van der Waals surface area contributed by atoms with Gasteiger partial charge in [0.05, 0.1) is 11.8 Å². The highest BCUT2D eigenvalue weighted by molar-refractivity contribution is 5.96. The van der Waals surface area contributed by atoms with Gasteiger partial charge in [0.2, 0.25) is 5.78 Å². The topological polar surface area (TPSA) is 83.0 Å². The van der Waals surface area contributed by atoms with Crippen LogP contribution in [-0.2, 0) is 7.05 Å². The Hall–Kier alpha value is -2.96. The van der Waals surface area contributed by atoms with Crippen molar-refractivity contribution in [1.82, 2.24) is 20.0 Å². The molecule has 2 heterocycles. The van der Waals surface area contributed by atoms with Crippen LogP contribution in [0, 0.1) is 0 Å². The molecule has 3 rings (SSSR count). The van der Waals surface area contributed by atoms with Crippen LogP contribution in [-0.4, -0.2) is 32.4 Å². The van der Waals surface area contributed by atoms with Crippen LogP contribution in [0.2, 0.25) is 0 Å². The van der Waals surface area contributed by atoms with Crippen molar-refractivity contribution in [2.75, 3.05) is 6.61 Å².